The standard InChI is InChI=1S/C18H24N4O2/c1-13(16(23)21-18(2,3)4)20-17(24)15-7-5-14(6-8-15)11-22-10-9-19-12-22/h5-10,12-13H,11H2,1-4H3,(H,20,24)(H,21,23). The molecule has 0 fully saturated rings. The number of imidazole rings is 1. The number of carbonyl (C=O) groups is 2. The Morgan fingerprint density at radius 1 is 1.21 bits per heavy atom. The highest BCUT2D eigenvalue weighted by Crippen LogP contribution is 2.07. The van der Waals surface area contributed by atoms with Gasteiger partial charge in [-0.1, -0.05) is 12.1 Å². The number of aromatic nitrogens is 2. The molecule has 0 bridgehead atoms. The molecule has 2 rings (SSSR count). The van der Waals surface area contributed by atoms with Gasteiger partial charge < -0.3 is 15.2 Å². The zero-order valence-corrected chi connectivity index (χ0v) is 14.5. The Morgan fingerprint density at radius 3 is 2.42 bits per heavy atom. The summed E-state index contributed by atoms with van der Waals surface area (Å²) in [5.74, 6) is -0.465. The van der Waals surface area contributed by atoms with Crippen LogP contribution in [-0.4, -0.2) is 32.9 Å². The number of rotatable bonds is 5. The second-order valence-corrected chi connectivity index (χ2v) is 6.87. The molecule has 6 nitrogen and oxygen atoms in total. The zero-order valence-electron chi connectivity index (χ0n) is 14.5. The fourth-order valence-electron chi connectivity index (χ4n) is 2.18. The molecule has 2 N–H and O–H groups in total. The van der Waals surface area contributed by atoms with Gasteiger partial charge in [-0.3, -0.25) is 9.59 Å². The number of nitrogens with zero attached hydrogens (tertiary/aromatic N) is 2. The van der Waals surface area contributed by atoms with E-state index >= 15 is 0 Å². The van der Waals surface area contributed by atoms with Crippen LogP contribution in [0.2, 0.25) is 0 Å². The first-order chi connectivity index (χ1) is 11.2. The van der Waals surface area contributed by atoms with Gasteiger partial charge in [-0.05, 0) is 45.4 Å². The number of nitrogens with one attached hydrogen (secondary N) is 2. The zero-order chi connectivity index (χ0) is 17.7. The molecule has 2 amide bonds. The Kier molecular flexibility index (Phi) is 5.39. The van der Waals surface area contributed by atoms with Gasteiger partial charge in [-0.15, -0.1) is 0 Å². The summed E-state index contributed by atoms with van der Waals surface area (Å²) in [4.78, 5) is 28.3. The van der Waals surface area contributed by atoms with Crippen LogP contribution in [0, 0.1) is 0 Å². The minimum atomic E-state index is -0.595. The van der Waals surface area contributed by atoms with Crippen molar-refractivity contribution in [1.29, 1.82) is 0 Å². The fraction of sp³-hybridized carbons (Fsp3) is 0.389. The van der Waals surface area contributed by atoms with Gasteiger partial charge in [0.1, 0.15) is 6.04 Å². The minimum absolute atomic E-state index is 0.201. The maximum Gasteiger partial charge on any atom is 0.251 e. The maximum absolute atomic E-state index is 12.2. The van der Waals surface area contributed by atoms with Gasteiger partial charge in [0.2, 0.25) is 5.91 Å². The molecule has 0 spiro atoms. The maximum atomic E-state index is 12.2. The lowest BCUT2D eigenvalue weighted by molar-refractivity contribution is -0.124. The highest BCUT2D eigenvalue weighted by molar-refractivity contribution is 5.97. The molecule has 0 aliphatic heterocycles. The van der Waals surface area contributed by atoms with Crippen LogP contribution in [0.5, 0.6) is 0 Å². The molecule has 128 valence electrons. The van der Waals surface area contributed by atoms with Crippen LogP contribution in [0.1, 0.15) is 43.6 Å². The van der Waals surface area contributed by atoms with Crippen LogP contribution in [0.15, 0.2) is 43.0 Å². The van der Waals surface area contributed by atoms with Crippen molar-refractivity contribution in [3.05, 3.63) is 54.1 Å². The molecular weight excluding hydrogens is 304 g/mol. The molecule has 6 heteroatoms. The second kappa shape index (κ2) is 7.29. The summed E-state index contributed by atoms with van der Waals surface area (Å²) >= 11 is 0. The highest BCUT2D eigenvalue weighted by atomic mass is 16.2. The molecular formula is C18H24N4O2. The van der Waals surface area contributed by atoms with Gasteiger partial charge in [0.15, 0.2) is 0 Å². The van der Waals surface area contributed by atoms with Crippen molar-refractivity contribution in [2.45, 2.75) is 45.8 Å². The monoisotopic (exact) mass is 328 g/mol. The third kappa shape index (κ3) is 5.22. The lowest BCUT2D eigenvalue weighted by Gasteiger charge is -2.23. The SMILES string of the molecule is CC(NC(=O)c1ccc(Cn2ccnc2)cc1)C(=O)NC(C)(C)C. The average molecular weight is 328 g/mol. The van der Waals surface area contributed by atoms with Crippen molar-refractivity contribution in [2.75, 3.05) is 0 Å². The van der Waals surface area contributed by atoms with E-state index in [1.54, 1.807) is 31.6 Å². The predicted molar refractivity (Wildman–Crippen MR) is 92.6 cm³/mol. The lowest BCUT2D eigenvalue weighted by Crippen LogP contribution is -2.50. The van der Waals surface area contributed by atoms with Gasteiger partial charge >= 0.3 is 0 Å². The van der Waals surface area contributed by atoms with E-state index in [0.29, 0.717) is 12.1 Å². The Balaban J connectivity index is 1.93. The van der Waals surface area contributed by atoms with Gasteiger partial charge in [-0.2, -0.15) is 0 Å². The van der Waals surface area contributed by atoms with Crippen LogP contribution < -0.4 is 10.6 Å². The highest BCUT2D eigenvalue weighted by Gasteiger charge is 2.21. The van der Waals surface area contributed by atoms with Gasteiger partial charge in [0, 0.05) is 30.0 Å². The molecule has 0 radical (unpaired) electrons. The largest absolute Gasteiger partial charge is 0.350 e. The molecule has 0 aliphatic carbocycles. The summed E-state index contributed by atoms with van der Waals surface area (Å²) in [7, 11) is 0. The first kappa shape index (κ1) is 17.7. The number of hydrogen-bond acceptors (Lipinski definition) is 3. The van der Waals surface area contributed by atoms with E-state index in [1.807, 2.05) is 43.7 Å². The molecule has 1 atom stereocenters. The summed E-state index contributed by atoms with van der Waals surface area (Å²) in [6.07, 6.45) is 5.36. The van der Waals surface area contributed by atoms with Gasteiger partial charge in [-0.25, -0.2) is 4.98 Å². The topological polar surface area (TPSA) is 76.0 Å². The van der Waals surface area contributed by atoms with E-state index in [2.05, 4.69) is 15.6 Å². The van der Waals surface area contributed by atoms with E-state index < -0.39 is 6.04 Å². The normalized spacial score (nSPS) is 12.5. The van der Waals surface area contributed by atoms with Crippen molar-refractivity contribution in [3.8, 4) is 0 Å². The molecule has 0 aliphatic rings. The molecule has 1 heterocycles. The van der Waals surface area contributed by atoms with Crippen LogP contribution in [0.3, 0.4) is 0 Å². The van der Waals surface area contributed by atoms with Crippen LogP contribution in [0.25, 0.3) is 0 Å². The first-order valence-corrected chi connectivity index (χ1v) is 7.92. The smallest absolute Gasteiger partial charge is 0.251 e. The summed E-state index contributed by atoms with van der Waals surface area (Å²) in [6.45, 7) is 8.08. The quantitative estimate of drug-likeness (QED) is 0.881. The molecule has 1 unspecified atom stereocenters. The Hall–Kier alpha value is -2.63. The predicted octanol–water partition coefficient (Wildman–Crippen LogP) is 1.96. The third-order valence-corrected chi connectivity index (χ3v) is 3.38. The molecule has 1 aromatic carbocycles. The van der Waals surface area contributed by atoms with Crippen molar-refractivity contribution in [3.63, 3.8) is 0 Å². The van der Waals surface area contributed by atoms with Crippen molar-refractivity contribution >= 4 is 11.8 Å². The van der Waals surface area contributed by atoms with Gasteiger partial charge in [0.25, 0.3) is 5.91 Å². The van der Waals surface area contributed by atoms with Crippen LogP contribution in [-0.2, 0) is 11.3 Å². The molecule has 1 aromatic heterocycles. The average Bonchev–Trinajstić information content (AvgIpc) is 2.99. The fourth-order valence-corrected chi connectivity index (χ4v) is 2.18. The second-order valence-electron chi connectivity index (χ2n) is 6.87. The number of hydrogen-bond donors (Lipinski definition) is 2. The van der Waals surface area contributed by atoms with Crippen molar-refractivity contribution in [2.24, 2.45) is 0 Å². The van der Waals surface area contributed by atoms with E-state index in [1.165, 1.54) is 0 Å². The molecule has 2 aromatic rings. The molecule has 24 heavy (non-hydrogen) atoms. The number of benzene rings is 1. The first-order valence-electron chi connectivity index (χ1n) is 7.92. The summed E-state index contributed by atoms with van der Waals surface area (Å²) in [5.41, 5.74) is 1.27. The Morgan fingerprint density at radius 2 is 1.88 bits per heavy atom. The van der Waals surface area contributed by atoms with E-state index in [9.17, 15) is 9.59 Å². The number of amides is 2. The minimum Gasteiger partial charge on any atom is -0.350 e. The summed E-state index contributed by atoms with van der Waals surface area (Å²) < 4.78 is 1.95. The summed E-state index contributed by atoms with van der Waals surface area (Å²) in [5, 5.41) is 5.56. The van der Waals surface area contributed by atoms with E-state index in [-0.39, 0.29) is 17.4 Å². The lowest BCUT2D eigenvalue weighted by atomic mass is 10.1. The third-order valence-electron chi connectivity index (χ3n) is 3.38. The summed E-state index contributed by atoms with van der Waals surface area (Å²) in [6, 6.07) is 6.72. The Bertz CT molecular complexity index is 685. The van der Waals surface area contributed by atoms with E-state index in [4.69, 9.17) is 0 Å². The van der Waals surface area contributed by atoms with Crippen LogP contribution in [0.4, 0.5) is 0 Å². The van der Waals surface area contributed by atoms with Gasteiger partial charge in [0.05, 0.1) is 6.33 Å². The Labute approximate surface area is 142 Å². The van der Waals surface area contributed by atoms with Crippen molar-refractivity contribution < 1.29 is 9.59 Å². The molecule has 0 saturated carbocycles. The number of carbonyl (C=O) groups excluding carboxylic acids is 2. The van der Waals surface area contributed by atoms with Crippen LogP contribution >= 0.6 is 0 Å². The molecule has 0 saturated heterocycles. The van der Waals surface area contributed by atoms with Crippen molar-refractivity contribution in [1.82, 2.24) is 20.2 Å². The van der Waals surface area contributed by atoms with E-state index in [0.717, 1.165) is 5.56 Å².